The fraction of sp³-hybridized carbons (Fsp3) is 0.400. The Hall–Kier alpha value is -2.37. The molecule has 0 radical (unpaired) electrons. The lowest BCUT2D eigenvalue weighted by molar-refractivity contribution is -0.122. The lowest BCUT2D eigenvalue weighted by atomic mass is 9.96. The predicted octanol–water partition coefficient (Wildman–Crippen LogP) is 1.62. The van der Waals surface area contributed by atoms with Gasteiger partial charge in [-0.2, -0.15) is 0 Å². The molecule has 112 valence electrons. The van der Waals surface area contributed by atoms with Crippen molar-refractivity contribution in [2.45, 2.75) is 19.8 Å². The van der Waals surface area contributed by atoms with Gasteiger partial charge < -0.3 is 16.0 Å². The van der Waals surface area contributed by atoms with Gasteiger partial charge in [0.2, 0.25) is 5.91 Å². The molecule has 6 nitrogen and oxygen atoms in total. The zero-order valence-electron chi connectivity index (χ0n) is 12.0. The Kier molecular flexibility index (Phi) is 4.57. The number of urea groups is 1. The Labute approximate surface area is 123 Å². The van der Waals surface area contributed by atoms with Crippen LogP contribution in [0.3, 0.4) is 0 Å². The van der Waals surface area contributed by atoms with Crippen LogP contribution in [-0.2, 0) is 4.79 Å². The average Bonchev–Trinajstić information content (AvgIpc) is 2.47. The number of hydrogen-bond acceptors (Lipinski definition) is 3. The van der Waals surface area contributed by atoms with Crippen LogP contribution in [0, 0.1) is 5.92 Å². The molecule has 0 spiro atoms. The van der Waals surface area contributed by atoms with E-state index in [9.17, 15) is 14.4 Å². The average molecular weight is 289 g/mol. The highest BCUT2D eigenvalue weighted by molar-refractivity contribution is 5.96. The molecule has 3 amide bonds. The molecule has 1 aliphatic rings. The first-order valence-corrected chi connectivity index (χ1v) is 6.93. The van der Waals surface area contributed by atoms with E-state index >= 15 is 0 Å². The number of rotatable bonds is 3. The van der Waals surface area contributed by atoms with Crippen molar-refractivity contribution in [3.8, 4) is 0 Å². The molecule has 0 unspecified atom stereocenters. The van der Waals surface area contributed by atoms with Crippen LogP contribution in [0.5, 0.6) is 0 Å². The van der Waals surface area contributed by atoms with Crippen LogP contribution in [0.2, 0.25) is 0 Å². The van der Waals surface area contributed by atoms with Crippen molar-refractivity contribution in [1.82, 2.24) is 4.90 Å². The summed E-state index contributed by atoms with van der Waals surface area (Å²) in [5.74, 6) is -0.493. The number of anilines is 1. The molecule has 2 rings (SSSR count). The Bertz CT molecular complexity index is 563. The summed E-state index contributed by atoms with van der Waals surface area (Å²) in [5, 5.41) is 2.77. The van der Waals surface area contributed by atoms with E-state index in [1.54, 1.807) is 29.2 Å². The van der Waals surface area contributed by atoms with Crippen LogP contribution in [0.1, 0.15) is 30.1 Å². The summed E-state index contributed by atoms with van der Waals surface area (Å²) < 4.78 is 0. The van der Waals surface area contributed by atoms with Crippen molar-refractivity contribution in [1.29, 1.82) is 0 Å². The highest BCUT2D eigenvalue weighted by Crippen LogP contribution is 2.18. The van der Waals surface area contributed by atoms with E-state index < -0.39 is 0 Å². The molecule has 0 saturated carbocycles. The molecule has 0 bridgehead atoms. The van der Waals surface area contributed by atoms with Crippen LogP contribution in [-0.4, -0.2) is 35.7 Å². The number of nitrogens with one attached hydrogen (secondary N) is 1. The standard InChI is InChI=1S/C15H19N3O3/c1-10(19)12-3-2-4-13(9-12)17-15(21)18-7-5-11(6-8-18)14(16)20/h2-4,9,11H,5-8H2,1H3,(H2,16,20)(H,17,21). The first-order valence-electron chi connectivity index (χ1n) is 6.93. The second-order valence-corrected chi connectivity index (χ2v) is 5.23. The number of amides is 3. The van der Waals surface area contributed by atoms with Gasteiger partial charge in [0.25, 0.3) is 0 Å². The molecule has 1 aliphatic heterocycles. The van der Waals surface area contributed by atoms with Crippen LogP contribution in [0.15, 0.2) is 24.3 Å². The maximum Gasteiger partial charge on any atom is 0.321 e. The third kappa shape index (κ3) is 3.81. The van der Waals surface area contributed by atoms with Gasteiger partial charge in [-0.1, -0.05) is 12.1 Å². The second kappa shape index (κ2) is 6.39. The Morgan fingerprint density at radius 2 is 1.90 bits per heavy atom. The maximum atomic E-state index is 12.1. The Morgan fingerprint density at radius 1 is 1.24 bits per heavy atom. The number of hydrogen-bond donors (Lipinski definition) is 2. The molecule has 1 heterocycles. The van der Waals surface area contributed by atoms with Crippen molar-refractivity contribution in [3.05, 3.63) is 29.8 Å². The van der Waals surface area contributed by atoms with E-state index in [1.807, 2.05) is 0 Å². The Balaban J connectivity index is 1.95. The largest absolute Gasteiger partial charge is 0.369 e. The monoisotopic (exact) mass is 289 g/mol. The summed E-state index contributed by atoms with van der Waals surface area (Å²) in [4.78, 5) is 36.2. The minimum Gasteiger partial charge on any atom is -0.369 e. The molecule has 0 aliphatic carbocycles. The molecule has 1 aromatic rings. The number of carbonyl (C=O) groups excluding carboxylic acids is 3. The zero-order valence-corrected chi connectivity index (χ0v) is 12.0. The number of nitrogens with two attached hydrogens (primary N) is 1. The number of Topliss-reactive ketones (excluding diaryl/α,β-unsaturated/α-hetero) is 1. The maximum absolute atomic E-state index is 12.1. The molecule has 0 aromatic heterocycles. The lowest BCUT2D eigenvalue weighted by Crippen LogP contribution is -2.43. The summed E-state index contributed by atoms with van der Waals surface area (Å²) >= 11 is 0. The van der Waals surface area contributed by atoms with Crippen molar-refractivity contribution in [2.24, 2.45) is 11.7 Å². The molecular formula is C15H19N3O3. The first kappa shape index (κ1) is 15.0. The summed E-state index contributed by atoms with van der Waals surface area (Å²) in [6, 6.07) is 6.59. The number of carbonyl (C=O) groups is 3. The SMILES string of the molecule is CC(=O)c1cccc(NC(=O)N2CCC(C(N)=O)CC2)c1. The van der Waals surface area contributed by atoms with E-state index in [0.717, 1.165) is 0 Å². The van der Waals surface area contributed by atoms with Crippen molar-refractivity contribution < 1.29 is 14.4 Å². The third-order valence-corrected chi connectivity index (χ3v) is 3.70. The molecule has 0 atom stereocenters. The zero-order chi connectivity index (χ0) is 15.4. The third-order valence-electron chi connectivity index (χ3n) is 3.70. The fourth-order valence-electron chi connectivity index (χ4n) is 2.39. The van der Waals surface area contributed by atoms with Crippen molar-refractivity contribution in [2.75, 3.05) is 18.4 Å². The summed E-state index contributed by atoms with van der Waals surface area (Å²) in [6.07, 6.45) is 1.19. The number of piperidine rings is 1. The molecular weight excluding hydrogens is 270 g/mol. The first-order chi connectivity index (χ1) is 9.97. The second-order valence-electron chi connectivity index (χ2n) is 5.23. The molecule has 6 heteroatoms. The van der Waals surface area contributed by atoms with Gasteiger partial charge in [0.1, 0.15) is 0 Å². The van der Waals surface area contributed by atoms with E-state index in [4.69, 9.17) is 5.73 Å². The molecule has 1 aromatic carbocycles. The Morgan fingerprint density at radius 3 is 2.48 bits per heavy atom. The van der Waals surface area contributed by atoms with E-state index in [1.165, 1.54) is 6.92 Å². The van der Waals surface area contributed by atoms with Crippen molar-refractivity contribution >= 4 is 23.4 Å². The topological polar surface area (TPSA) is 92.5 Å². The highest BCUT2D eigenvalue weighted by atomic mass is 16.2. The van der Waals surface area contributed by atoms with Crippen LogP contribution in [0.4, 0.5) is 10.5 Å². The molecule has 1 saturated heterocycles. The van der Waals surface area contributed by atoms with E-state index in [0.29, 0.717) is 37.2 Å². The number of benzene rings is 1. The summed E-state index contributed by atoms with van der Waals surface area (Å²) in [7, 11) is 0. The van der Waals surface area contributed by atoms with Gasteiger partial charge in [0.15, 0.2) is 5.78 Å². The molecule has 3 N–H and O–H groups in total. The van der Waals surface area contributed by atoms with Gasteiger partial charge in [-0.15, -0.1) is 0 Å². The highest BCUT2D eigenvalue weighted by Gasteiger charge is 2.25. The summed E-state index contributed by atoms with van der Waals surface area (Å²) in [5.41, 5.74) is 6.41. The minimum absolute atomic E-state index is 0.0478. The number of nitrogens with zero attached hydrogens (tertiary/aromatic N) is 1. The fourth-order valence-corrected chi connectivity index (χ4v) is 2.39. The van der Waals surface area contributed by atoms with Crippen LogP contribution in [0.25, 0.3) is 0 Å². The van der Waals surface area contributed by atoms with E-state index in [2.05, 4.69) is 5.32 Å². The number of ketones is 1. The van der Waals surface area contributed by atoms with Crippen LogP contribution < -0.4 is 11.1 Å². The van der Waals surface area contributed by atoms with E-state index in [-0.39, 0.29) is 23.6 Å². The quantitative estimate of drug-likeness (QED) is 0.828. The predicted molar refractivity (Wildman–Crippen MR) is 79.0 cm³/mol. The van der Waals surface area contributed by atoms with Gasteiger partial charge in [-0.25, -0.2) is 4.79 Å². The number of primary amides is 1. The van der Waals surface area contributed by atoms with Crippen molar-refractivity contribution in [3.63, 3.8) is 0 Å². The summed E-state index contributed by atoms with van der Waals surface area (Å²) in [6.45, 7) is 2.49. The number of likely N-dealkylation sites (tertiary alicyclic amines) is 1. The van der Waals surface area contributed by atoms with Gasteiger partial charge in [-0.05, 0) is 31.9 Å². The molecule has 1 fully saturated rings. The minimum atomic E-state index is -0.302. The smallest absolute Gasteiger partial charge is 0.321 e. The van der Waals surface area contributed by atoms with Crippen LogP contribution >= 0.6 is 0 Å². The van der Waals surface area contributed by atoms with Gasteiger partial charge >= 0.3 is 6.03 Å². The van der Waals surface area contributed by atoms with Gasteiger partial charge in [-0.3, -0.25) is 9.59 Å². The molecule has 21 heavy (non-hydrogen) atoms. The normalized spacial score (nSPS) is 15.6. The lowest BCUT2D eigenvalue weighted by Gasteiger charge is -2.30. The van der Waals surface area contributed by atoms with Gasteiger partial charge in [0.05, 0.1) is 0 Å². The van der Waals surface area contributed by atoms with Gasteiger partial charge in [0, 0.05) is 30.3 Å².